The number of nitrogens with one attached hydrogen (secondary N) is 1. The minimum atomic E-state index is -0.457. The van der Waals surface area contributed by atoms with Crippen LogP contribution in [-0.4, -0.2) is 11.0 Å². The molecule has 0 aliphatic rings. The van der Waals surface area contributed by atoms with E-state index >= 15 is 0 Å². The normalized spacial score (nSPS) is 11.0. The van der Waals surface area contributed by atoms with Gasteiger partial charge < -0.3 is 10.4 Å². The second-order valence-electron chi connectivity index (χ2n) is 5.50. The summed E-state index contributed by atoms with van der Waals surface area (Å²) >= 11 is 0. The van der Waals surface area contributed by atoms with Gasteiger partial charge in [-0.15, -0.1) is 0 Å². The maximum absolute atomic E-state index is 12.2. The van der Waals surface area contributed by atoms with E-state index in [0.717, 1.165) is 5.56 Å². The van der Waals surface area contributed by atoms with Crippen molar-refractivity contribution in [1.29, 1.82) is 5.26 Å². The molecule has 23 heavy (non-hydrogen) atoms. The molecule has 0 heterocycles. The minimum absolute atomic E-state index is 0.0102. The summed E-state index contributed by atoms with van der Waals surface area (Å²) in [5.74, 6) is -0.230. The third-order valence-corrected chi connectivity index (χ3v) is 3.47. The van der Waals surface area contributed by atoms with Crippen LogP contribution in [0.5, 0.6) is 5.75 Å². The molecular weight excluding hydrogens is 288 g/mol. The highest BCUT2D eigenvalue weighted by Gasteiger charge is 2.10. The van der Waals surface area contributed by atoms with Crippen LogP contribution in [0.15, 0.2) is 42.0 Å². The lowest BCUT2D eigenvalue weighted by Crippen LogP contribution is -2.13. The molecule has 0 fully saturated rings. The molecule has 0 aromatic heterocycles. The van der Waals surface area contributed by atoms with E-state index in [2.05, 4.69) is 5.32 Å². The largest absolute Gasteiger partial charge is 0.507 e. The van der Waals surface area contributed by atoms with E-state index < -0.39 is 5.91 Å². The van der Waals surface area contributed by atoms with Gasteiger partial charge in [0.15, 0.2) is 0 Å². The molecule has 2 aromatic rings. The summed E-state index contributed by atoms with van der Waals surface area (Å²) in [6.07, 6.45) is 1.52. The van der Waals surface area contributed by atoms with Crippen LogP contribution in [0.1, 0.15) is 22.3 Å². The van der Waals surface area contributed by atoms with Crippen molar-refractivity contribution in [2.75, 3.05) is 5.32 Å². The summed E-state index contributed by atoms with van der Waals surface area (Å²) in [6, 6.07) is 12.8. The first-order valence-electron chi connectivity index (χ1n) is 7.20. The molecule has 0 radical (unpaired) electrons. The van der Waals surface area contributed by atoms with E-state index in [0.29, 0.717) is 22.4 Å². The Bertz CT molecular complexity index is 806. The molecule has 0 aliphatic heterocycles. The fourth-order valence-corrected chi connectivity index (χ4v) is 2.31. The first-order chi connectivity index (χ1) is 10.9. The molecule has 0 saturated heterocycles. The standard InChI is InChI=1S/C19H18N2O2/c1-12-5-4-6-17(7-12)21-19(23)16(11-20)10-15-8-13(2)18(22)14(3)9-15/h4-10,22H,1-3H3,(H,21,23)/b16-10-. The van der Waals surface area contributed by atoms with Gasteiger partial charge in [0, 0.05) is 5.69 Å². The Kier molecular flexibility index (Phi) is 4.82. The number of rotatable bonds is 3. The number of hydrogen-bond acceptors (Lipinski definition) is 3. The number of hydrogen-bond donors (Lipinski definition) is 2. The monoisotopic (exact) mass is 306 g/mol. The Balaban J connectivity index is 2.28. The number of carbonyl (C=O) groups excluding carboxylic acids is 1. The van der Waals surface area contributed by atoms with Gasteiger partial charge in [-0.3, -0.25) is 4.79 Å². The Morgan fingerprint density at radius 2 is 1.83 bits per heavy atom. The van der Waals surface area contributed by atoms with Gasteiger partial charge in [-0.25, -0.2) is 0 Å². The zero-order chi connectivity index (χ0) is 17.0. The third-order valence-electron chi connectivity index (χ3n) is 3.47. The third kappa shape index (κ3) is 3.98. The number of aromatic hydroxyl groups is 1. The molecule has 116 valence electrons. The molecule has 4 nitrogen and oxygen atoms in total. The van der Waals surface area contributed by atoms with Crippen molar-refractivity contribution in [3.63, 3.8) is 0 Å². The molecule has 0 spiro atoms. The van der Waals surface area contributed by atoms with Crippen molar-refractivity contribution in [3.05, 3.63) is 64.2 Å². The summed E-state index contributed by atoms with van der Waals surface area (Å²) < 4.78 is 0. The van der Waals surface area contributed by atoms with Gasteiger partial charge >= 0.3 is 0 Å². The molecular formula is C19H18N2O2. The van der Waals surface area contributed by atoms with Gasteiger partial charge in [-0.05, 0) is 73.4 Å². The molecule has 4 heteroatoms. The van der Waals surface area contributed by atoms with E-state index in [-0.39, 0.29) is 11.3 Å². The first-order valence-corrected chi connectivity index (χ1v) is 7.20. The quantitative estimate of drug-likeness (QED) is 0.668. The molecule has 0 aliphatic carbocycles. The number of nitriles is 1. The molecule has 1 amide bonds. The van der Waals surface area contributed by atoms with Gasteiger partial charge in [-0.1, -0.05) is 12.1 Å². The van der Waals surface area contributed by atoms with Crippen LogP contribution >= 0.6 is 0 Å². The van der Waals surface area contributed by atoms with Crippen molar-refractivity contribution < 1.29 is 9.90 Å². The fourth-order valence-electron chi connectivity index (χ4n) is 2.31. The second kappa shape index (κ2) is 6.80. The molecule has 0 saturated carbocycles. The molecule has 2 aromatic carbocycles. The number of benzene rings is 2. The van der Waals surface area contributed by atoms with Gasteiger partial charge in [0.25, 0.3) is 5.91 Å². The summed E-state index contributed by atoms with van der Waals surface area (Å²) in [5, 5.41) is 21.8. The number of carbonyl (C=O) groups is 1. The first kappa shape index (κ1) is 16.3. The molecule has 2 N–H and O–H groups in total. The van der Waals surface area contributed by atoms with Crippen LogP contribution in [0.4, 0.5) is 5.69 Å². The van der Waals surface area contributed by atoms with E-state index in [1.54, 1.807) is 32.0 Å². The number of anilines is 1. The highest BCUT2D eigenvalue weighted by molar-refractivity contribution is 6.09. The fraction of sp³-hybridized carbons (Fsp3) is 0.158. The Morgan fingerprint density at radius 1 is 1.17 bits per heavy atom. The maximum Gasteiger partial charge on any atom is 0.266 e. The predicted octanol–water partition coefficient (Wildman–Crippen LogP) is 3.86. The lowest BCUT2D eigenvalue weighted by molar-refractivity contribution is -0.112. The van der Waals surface area contributed by atoms with Crippen LogP contribution < -0.4 is 5.32 Å². The molecule has 2 rings (SSSR count). The summed E-state index contributed by atoms with van der Waals surface area (Å²) in [6.45, 7) is 5.48. The van der Waals surface area contributed by atoms with Crippen LogP contribution in [0, 0.1) is 32.1 Å². The number of phenols is 1. The number of nitrogens with zero attached hydrogens (tertiary/aromatic N) is 1. The Morgan fingerprint density at radius 3 is 2.39 bits per heavy atom. The van der Waals surface area contributed by atoms with E-state index in [4.69, 9.17) is 0 Å². The highest BCUT2D eigenvalue weighted by Crippen LogP contribution is 2.24. The van der Waals surface area contributed by atoms with E-state index in [1.165, 1.54) is 6.08 Å². The van der Waals surface area contributed by atoms with Crippen molar-refractivity contribution in [3.8, 4) is 11.8 Å². The van der Waals surface area contributed by atoms with Crippen LogP contribution in [0.25, 0.3) is 6.08 Å². The highest BCUT2D eigenvalue weighted by atomic mass is 16.3. The average molecular weight is 306 g/mol. The van der Waals surface area contributed by atoms with E-state index in [9.17, 15) is 15.2 Å². The zero-order valence-corrected chi connectivity index (χ0v) is 13.3. The van der Waals surface area contributed by atoms with Crippen molar-refractivity contribution >= 4 is 17.7 Å². The van der Waals surface area contributed by atoms with Crippen molar-refractivity contribution in [2.24, 2.45) is 0 Å². The smallest absolute Gasteiger partial charge is 0.266 e. The van der Waals surface area contributed by atoms with Gasteiger partial charge in [0.2, 0.25) is 0 Å². The Labute approximate surface area is 135 Å². The lowest BCUT2D eigenvalue weighted by Gasteiger charge is -2.07. The molecule has 0 unspecified atom stereocenters. The minimum Gasteiger partial charge on any atom is -0.507 e. The summed E-state index contributed by atoms with van der Waals surface area (Å²) in [7, 11) is 0. The van der Waals surface area contributed by atoms with Gasteiger partial charge in [-0.2, -0.15) is 5.26 Å². The lowest BCUT2D eigenvalue weighted by atomic mass is 10.0. The Hall–Kier alpha value is -3.06. The summed E-state index contributed by atoms with van der Waals surface area (Å²) in [5.41, 5.74) is 3.79. The maximum atomic E-state index is 12.2. The number of phenolic OH excluding ortho intramolecular Hbond substituents is 1. The van der Waals surface area contributed by atoms with Gasteiger partial charge in [0.1, 0.15) is 17.4 Å². The molecule has 0 atom stereocenters. The molecule has 0 bridgehead atoms. The van der Waals surface area contributed by atoms with Crippen LogP contribution in [0.3, 0.4) is 0 Å². The number of aryl methyl sites for hydroxylation is 3. The second-order valence-corrected chi connectivity index (χ2v) is 5.50. The van der Waals surface area contributed by atoms with Gasteiger partial charge in [0.05, 0.1) is 0 Å². The zero-order valence-electron chi connectivity index (χ0n) is 13.3. The van der Waals surface area contributed by atoms with Crippen molar-refractivity contribution in [1.82, 2.24) is 0 Å². The van der Waals surface area contributed by atoms with E-state index in [1.807, 2.05) is 31.2 Å². The van der Waals surface area contributed by atoms with Crippen LogP contribution in [0.2, 0.25) is 0 Å². The topological polar surface area (TPSA) is 73.1 Å². The summed E-state index contributed by atoms with van der Waals surface area (Å²) in [4.78, 5) is 12.2. The predicted molar refractivity (Wildman–Crippen MR) is 91.0 cm³/mol. The van der Waals surface area contributed by atoms with Crippen molar-refractivity contribution in [2.45, 2.75) is 20.8 Å². The SMILES string of the molecule is Cc1cccc(NC(=O)/C(C#N)=C\c2cc(C)c(O)c(C)c2)c1. The number of amides is 1. The average Bonchev–Trinajstić information content (AvgIpc) is 2.50. The van der Waals surface area contributed by atoms with Crippen LogP contribution in [-0.2, 0) is 4.79 Å².